The van der Waals surface area contributed by atoms with Gasteiger partial charge in [-0.25, -0.2) is 0 Å². The molecule has 0 heterocycles. The molecule has 298 valence electrons. The lowest BCUT2D eigenvalue weighted by Gasteiger charge is -2.50. The minimum atomic E-state index is -0.328. The van der Waals surface area contributed by atoms with Gasteiger partial charge >= 0.3 is 0 Å². The molecule has 2 unspecified atom stereocenters. The van der Waals surface area contributed by atoms with Gasteiger partial charge in [0.1, 0.15) is 0 Å². The number of nitrogens with zero attached hydrogens (tertiary/aromatic N) is 2. The summed E-state index contributed by atoms with van der Waals surface area (Å²) in [4.78, 5) is 5.10. The lowest BCUT2D eigenvalue weighted by Crippen LogP contribution is -2.43. The molecule has 61 heavy (non-hydrogen) atoms. The van der Waals surface area contributed by atoms with E-state index in [1.165, 1.54) is 106 Å². The van der Waals surface area contributed by atoms with Gasteiger partial charge in [-0.15, -0.1) is 0 Å². The Morgan fingerprint density at radius 1 is 0.475 bits per heavy atom. The Bertz CT molecular complexity index is 2960. The van der Waals surface area contributed by atoms with E-state index in [-0.39, 0.29) is 11.3 Å². The standard InChI is InChI=1S/C59H52N2/c1-38-18-28-48(29-19-38)60(57-40(3)22-32-50(42(57)5)44-14-10-8-11-15-44)54-36-25-46-24-35-53-55(37-27-47-26-34-52(54)56(46)59(47,53)7)61(49-30-20-39(2)21-31-49)58-41(4)23-33-51(43(58)6)45-16-12-9-13-17-45/h8-37,53H,1-7H3. The van der Waals surface area contributed by atoms with Crippen molar-refractivity contribution in [3.8, 4) is 22.3 Å². The second kappa shape index (κ2) is 15.0. The zero-order valence-electron chi connectivity index (χ0n) is 36.3. The van der Waals surface area contributed by atoms with Crippen molar-refractivity contribution in [1.29, 1.82) is 0 Å². The number of allylic oxidation sites excluding steroid dienone is 5. The predicted molar refractivity (Wildman–Crippen MR) is 261 cm³/mol. The van der Waals surface area contributed by atoms with E-state index in [2.05, 4.69) is 240 Å². The lowest BCUT2D eigenvalue weighted by molar-refractivity contribution is 0.445. The molecule has 0 bridgehead atoms. The highest BCUT2D eigenvalue weighted by Gasteiger charge is 2.48. The van der Waals surface area contributed by atoms with E-state index in [1.54, 1.807) is 0 Å². The first kappa shape index (κ1) is 38.3. The molecule has 0 saturated heterocycles. The number of aryl methyl sites for hydroxylation is 4. The SMILES string of the molecule is Cc1ccc(N(C2=CC=C3C=Cc4c(N(c5ccc(C)cc5)c5c(C)ccc(-c6ccccc6)c5C)ccc5c4C3(C)C2C=C5)c2c(C)ccc(-c3ccccc3)c2C)cc1. The Morgan fingerprint density at radius 3 is 1.56 bits per heavy atom. The van der Waals surface area contributed by atoms with Crippen molar-refractivity contribution in [2.45, 2.75) is 53.9 Å². The third kappa shape index (κ3) is 6.24. The number of benzene rings is 7. The molecule has 0 amide bonds. The summed E-state index contributed by atoms with van der Waals surface area (Å²) >= 11 is 0. The van der Waals surface area contributed by atoms with E-state index >= 15 is 0 Å². The van der Waals surface area contributed by atoms with Crippen LogP contribution in [0.25, 0.3) is 34.4 Å². The molecule has 2 atom stereocenters. The van der Waals surface area contributed by atoms with Crippen molar-refractivity contribution >= 4 is 40.6 Å². The van der Waals surface area contributed by atoms with Crippen LogP contribution in [-0.4, -0.2) is 0 Å². The first-order chi connectivity index (χ1) is 29.6. The van der Waals surface area contributed by atoms with Crippen molar-refractivity contribution in [3.63, 3.8) is 0 Å². The molecule has 7 aromatic carbocycles. The number of anilines is 5. The second-order valence-electron chi connectivity index (χ2n) is 17.4. The van der Waals surface area contributed by atoms with Gasteiger partial charge in [0, 0.05) is 34.0 Å². The normalized spacial score (nSPS) is 17.1. The molecule has 10 rings (SSSR count). The van der Waals surface area contributed by atoms with Crippen molar-refractivity contribution in [2.24, 2.45) is 5.92 Å². The smallest absolute Gasteiger partial charge is 0.0537 e. The molecule has 0 N–H and O–H groups in total. The third-order valence-corrected chi connectivity index (χ3v) is 13.6. The van der Waals surface area contributed by atoms with Crippen molar-refractivity contribution in [1.82, 2.24) is 0 Å². The molecule has 0 aliphatic heterocycles. The minimum absolute atomic E-state index is 0.0668. The fourth-order valence-electron chi connectivity index (χ4n) is 10.4. The highest BCUT2D eigenvalue weighted by Crippen LogP contribution is 2.58. The summed E-state index contributed by atoms with van der Waals surface area (Å²) in [5.41, 5.74) is 24.7. The van der Waals surface area contributed by atoms with Crippen LogP contribution >= 0.6 is 0 Å². The van der Waals surface area contributed by atoms with Gasteiger partial charge < -0.3 is 9.80 Å². The molecule has 3 aliphatic rings. The molecule has 3 aliphatic carbocycles. The van der Waals surface area contributed by atoms with Crippen LogP contribution in [-0.2, 0) is 5.41 Å². The van der Waals surface area contributed by atoms with Gasteiger partial charge in [0.2, 0.25) is 0 Å². The summed E-state index contributed by atoms with van der Waals surface area (Å²) in [7, 11) is 0. The molecule has 0 aromatic heterocycles. The number of rotatable bonds is 8. The maximum atomic E-state index is 2.57. The topological polar surface area (TPSA) is 6.48 Å². The fraction of sp³-hybridized carbons (Fsp3) is 0.153. The molecule has 2 nitrogen and oxygen atoms in total. The Balaban J connectivity index is 1.17. The van der Waals surface area contributed by atoms with Crippen LogP contribution in [0.15, 0.2) is 181 Å². The van der Waals surface area contributed by atoms with Crippen LogP contribution < -0.4 is 9.80 Å². The zero-order chi connectivity index (χ0) is 42.0. The highest BCUT2D eigenvalue weighted by molar-refractivity contribution is 5.93. The van der Waals surface area contributed by atoms with E-state index in [0.29, 0.717) is 0 Å². The quantitative estimate of drug-likeness (QED) is 0.151. The van der Waals surface area contributed by atoms with Crippen LogP contribution in [0.3, 0.4) is 0 Å². The first-order valence-electron chi connectivity index (χ1n) is 21.6. The summed E-state index contributed by atoms with van der Waals surface area (Å²) in [6, 6.07) is 53.7. The number of hydrogen-bond donors (Lipinski definition) is 0. The van der Waals surface area contributed by atoms with Gasteiger partial charge in [0.15, 0.2) is 0 Å². The largest absolute Gasteiger partial charge is 0.313 e. The van der Waals surface area contributed by atoms with Gasteiger partial charge in [0.05, 0.1) is 17.1 Å². The maximum Gasteiger partial charge on any atom is 0.0537 e. The van der Waals surface area contributed by atoms with Crippen molar-refractivity contribution in [3.05, 3.63) is 231 Å². The fourth-order valence-corrected chi connectivity index (χ4v) is 10.4. The molecule has 2 heteroatoms. The molecule has 0 radical (unpaired) electrons. The Morgan fingerprint density at radius 2 is 1.00 bits per heavy atom. The number of hydrogen-bond acceptors (Lipinski definition) is 2. The lowest BCUT2D eigenvalue weighted by atomic mass is 9.57. The summed E-state index contributed by atoms with van der Waals surface area (Å²) in [6.07, 6.45) is 14.4. The van der Waals surface area contributed by atoms with E-state index < -0.39 is 0 Å². The third-order valence-electron chi connectivity index (χ3n) is 13.6. The van der Waals surface area contributed by atoms with Crippen LogP contribution in [0.2, 0.25) is 0 Å². The second-order valence-corrected chi connectivity index (χ2v) is 17.4. The Labute approximate surface area is 362 Å². The van der Waals surface area contributed by atoms with Crippen LogP contribution in [0, 0.1) is 47.5 Å². The first-order valence-corrected chi connectivity index (χ1v) is 21.6. The summed E-state index contributed by atoms with van der Waals surface area (Å²) in [5, 5.41) is 0. The summed E-state index contributed by atoms with van der Waals surface area (Å²) in [5.74, 6) is 0.0668. The zero-order valence-corrected chi connectivity index (χ0v) is 36.3. The monoisotopic (exact) mass is 788 g/mol. The molecule has 7 aromatic rings. The van der Waals surface area contributed by atoms with Gasteiger partial charge in [-0.3, -0.25) is 0 Å². The van der Waals surface area contributed by atoms with E-state index in [1.807, 2.05) is 0 Å². The summed E-state index contributed by atoms with van der Waals surface area (Å²) < 4.78 is 0. The van der Waals surface area contributed by atoms with Gasteiger partial charge in [-0.2, -0.15) is 0 Å². The molecule has 0 spiro atoms. The maximum absolute atomic E-state index is 2.57. The van der Waals surface area contributed by atoms with Gasteiger partial charge in [-0.05, 0) is 139 Å². The van der Waals surface area contributed by atoms with Crippen LogP contribution in [0.4, 0.5) is 28.4 Å². The molecule has 0 saturated carbocycles. The van der Waals surface area contributed by atoms with Crippen molar-refractivity contribution in [2.75, 3.05) is 9.80 Å². The van der Waals surface area contributed by atoms with Gasteiger partial charge in [0.25, 0.3) is 0 Å². The van der Waals surface area contributed by atoms with E-state index in [9.17, 15) is 0 Å². The molecule has 0 fully saturated rings. The van der Waals surface area contributed by atoms with Crippen LogP contribution in [0.1, 0.15) is 57.0 Å². The average Bonchev–Trinajstić information content (AvgIpc) is 3.27. The van der Waals surface area contributed by atoms with E-state index in [4.69, 9.17) is 0 Å². The minimum Gasteiger partial charge on any atom is -0.313 e. The Hall–Kier alpha value is -6.90. The average molecular weight is 789 g/mol. The van der Waals surface area contributed by atoms with Crippen molar-refractivity contribution < 1.29 is 0 Å². The predicted octanol–water partition coefficient (Wildman–Crippen LogP) is 15.9. The molecular weight excluding hydrogens is 737 g/mol. The highest BCUT2D eigenvalue weighted by atomic mass is 15.2. The van der Waals surface area contributed by atoms with Crippen LogP contribution in [0.5, 0.6) is 0 Å². The Kier molecular flexibility index (Phi) is 9.41. The molecular formula is C59H52N2. The van der Waals surface area contributed by atoms with Gasteiger partial charge in [-0.1, -0.05) is 164 Å². The summed E-state index contributed by atoms with van der Waals surface area (Å²) in [6.45, 7) is 15.9. The van der Waals surface area contributed by atoms with E-state index in [0.717, 1.165) is 5.69 Å².